The second-order valence-corrected chi connectivity index (χ2v) is 10.9. The van der Waals surface area contributed by atoms with Crippen molar-refractivity contribution < 1.29 is 13.2 Å². The summed E-state index contributed by atoms with van der Waals surface area (Å²) in [6.07, 6.45) is 1.75. The van der Waals surface area contributed by atoms with Gasteiger partial charge in [0.1, 0.15) is 4.21 Å². The van der Waals surface area contributed by atoms with Crippen molar-refractivity contribution in [1.29, 1.82) is 0 Å². The zero-order valence-corrected chi connectivity index (χ0v) is 18.8. The van der Waals surface area contributed by atoms with Crippen LogP contribution in [0.15, 0.2) is 77.1 Å². The maximum absolute atomic E-state index is 13.5. The van der Waals surface area contributed by atoms with Gasteiger partial charge in [-0.05, 0) is 23.8 Å². The lowest BCUT2D eigenvalue weighted by molar-refractivity contribution is 0.0944. The third-order valence-corrected chi connectivity index (χ3v) is 8.47. The van der Waals surface area contributed by atoms with Gasteiger partial charge in [-0.3, -0.25) is 10.1 Å². The van der Waals surface area contributed by atoms with Crippen LogP contribution in [0.5, 0.6) is 0 Å². The molecule has 4 aromatic rings. The van der Waals surface area contributed by atoms with Crippen molar-refractivity contribution in [3.63, 3.8) is 0 Å². The van der Waals surface area contributed by atoms with E-state index in [1.807, 2.05) is 54.6 Å². The van der Waals surface area contributed by atoms with Crippen LogP contribution in [-0.4, -0.2) is 37.6 Å². The van der Waals surface area contributed by atoms with Gasteiger partial charge in [-0.25, -0.2) is 12.7 Å². The molecule has 0 spiro atoms. The number of hydrogen-bond donors (Lipinski definition) is 2. The van der Waals surface area contributed by atoms with E-state index in [1.165, 1.54) is 29.7 Å². The molecule has 31 heavy (non-hydrogen) atoms. The molecule has 8 heteroatoms. The predicted molar refractivity (Wildman–Crippen MR) is 124 cm³/mol. The molecule has 6 nitrogen and oxygen atoms in total. The highest BCUT2D eigenvalue weighted by molar-refractivity contribution is 7.91. The van der Waals surface area contributed by atoms with E-state index in [1.54, 1.807) is 18.3 Å². The smallest absolute Gasteiger partial charge is 0.252 e. The van der Waals surface area contributed by atoms with Gasteiger partial charge >= 0.3 is 0 Å². The summed E-state index contributed by atoms with van der Waals surface area (Å²) in [6, 6.07) is 20.1. The van der Waals surface area contributed by atoms with Crippen molar-refractivity contribution in [3.05, 3.63) is 88.9 Å². The molecule has 0 aliphatic carbocycles. The van der Waals surface area contributed by atoms with Crippen LogP contribution in [0.25, 0.3) is 10.9 Å². The van der Waals surface area contributed by atoms with Gasteiger partial charge in [0.15, 0.2) is 5.78 Å². The Labute approximate surface area is 185 Å². The Morgan fingerprint density at radius 1 is 1.03 bits per heavy atom. The van der Waals surface area contributed by atoms with E-state index in [4.69, 9.17) is 0 Å². The lowest BCUT2D eigenvalue weighted by Crippen LogP contribution is -2.28. The molecule has 0 unspecified atom stereocenters. The Kier molecular flexibility index (Phi) is 6.06. The van der Waals surface area contributed by atoms with Gasteiger partial charge in [0.2, 0.25) is 0 Å². The molecule has 0 aliphatic heterocycles. The third kappa shape index (κ3) is 4.33. The van der Waals surface area contributed by atoms with Crippen LogP contribution in [0.4, 0.5) is 0 Å². The molecule has 2 heterocycles. The molecule has 2 aromatic heterocycles. The van der Waals surface area contributed by atoms with E-state index in [-0.39, 0.29) is 9.99 Å². The number of aromatic nitrogens is 1. The van der Waals surface area contributed by atoms with Gasteiger partial charge in [-0.1, -0.05) is 48.5 Å². The highest BCUT2D eigenvalue weighted by Crippen LogP contribution is 2.27. The molecule has 0 aliphatic rings. The van der Waals surface area contributed by atoms with E-state index >= 15 is 0 Å². The standard InChI is InChI=1S/C23H23N3O3S2/c1-26(2)31(28,29)21-13-12-17(30-21)14-25-22(16-8-4-3-5-9-16)23(27)19-15-24-20-11-7-6-10-18(19)20/h3-13,15,22,24-25H,14H2,1-2H3/t22-/m1/s1. The number of rotatable bonds is 8. The van der Waals surface area contributed by atoms with Crippen molar-refractivity contribution >= 4 is 38.0 Å². The fourth-order valence-corrected chi connectivity index (χ4v) is 5.89. The van der Waals surface area contributed by atoms with Crippen molar-refractivity contribution in [3.8, 4) is 0 Å². The summed E-state index contributed by atoms with van der Waals surface area (Å²) >= 11 is 1.21. The van der Waals surface area contributed by atoms with Crippen LogP contribution in [-0.2, 0) is 16.6 Å². The number of aromatic amines is 1. The van der Waals surface area contributed by atoms with Gasteiger partial charge in [-0.2, -0.15) is 0 Å². The highest BCUT2D eigenvalue weighted by Gasteiger charge is 2.25. The summed E-state index contributed by atoms with van der Waals surface area (Å²) in [5.74, 6) is -0.0404. The number of hydrogen-bond acceptors (Lipinski definition) is 5. The number of carbonyl (C=O) groups excluding carboxylic acids is 1. The molecule has 160 valence electrons. The number of sulfonamides is 1. The number of nitrogens with one attached hydrogen (secondary N) is 2. The fraction of sp³-hybridized carbons (Fsp3) is 0.174. The first kappa shape index (κ1) is 21.5. The average Bonchev–Trinajstić information content (AvgIpc) is 3.42. The van der Waals surface area contributed by atoms with Gasteiger partial charge in [0.25, 0.3) is 10.0 Å². The number of benzene rings is 2. The van der Waals surface area contributed by atoms with Gasteiger partial charge in [-0.15, -0.1) is 11.3 Å². The largest absolute Gasteiger partial charge is 0.360 e. The van der Waals surface area contributed by atoms with Crippen molar-refractivity contribution in [1.82, 2.24) is 14.6 Å². The van der Waals surface area contributed by atoms with Gasteiger partial charge in [0.05, 0.1) is 6.04 Å². The number of thiophene rings is 1. The highest BCUT2D eigenvalue weighted by atomic mass is 32.2. The topological polar surface area (TPSA) is 82.3 Å². The number of carbonyl (C=O) groups is 1. The third-order valence-electron chi connectivity index (χ3n) is 5.10. The number of H-pyrrole nitrogens is 1. The first-order chi connectivity index (χ1) is 14.9. The number of fused-ring (bicyclic) bond motifs is 1. The molecule has 2 N–H and O–H groups in total. The molecule has 0 saturated carbocycles. The lowest BCUT2D eigenvalue weighted by atomic mass is 9.97. The Morgan fingerprint density at radius 2 is 1.74 bits per heavy atom. The molecule has 0 fully saturated rings. The Hall–Kier alpha value is -2.78. The summed E-state index contributed by atoms with van der Waals surface area (Å²) in [6.45, 7) is 0.376. The van der Waals surface area contributed by atoms with Crippen LogP contribution >= 0.6 is 11.3 Å². The Bertz CT molecular complexity index is 1310. The summed E-state index contributed by atoms with van der Waals surface area (Å²) in [5, 5.41) is 4.22. The van der Waals surface area contributed by atoms with E-state index in [9.17, 15) is 13.2 Å². The second kappa shape index (κ2) is 8.76. The molecule has 0 amide bonds. The quantitative estimate of drug-likeness (QED) is 0.392. The Morgan fingerprint density at radius 3 is 2.48 bits per heavy atom. The van der Waals surface area contributed by atoms with Crippen LogP contribution in [0, 0.1) is 0 Å². The zero-order chi connectivity index (χ0) is 22.0. The Balaban J connectivity index is 1.61. The zero-order valence-electron chi connectivity index (χ0n) is 17.2. The first-order valence-electron chi connectivity index (χ1n) is 9.78. The van der Waals surface area contributed by atoms with Crippen LogP contribution in [0.1, 0.15) is 26.8 Å². The normalized spacial score (nSPS) is 13.0. The van der Waals surface area contributed by atoms with Gasteiger partial charge < -0.3 is 4.98 Å². The molecule has 4 rings (SSSR count). The molecular formula is C23H23N3O3S2. The van der Waals surface area contributed by atoms with Crippen LogP contribution in [0.3, 0.4) is 0 Å². The average molecular weight is 454 g/mol. The van der Waals surface area contributed by atoms with Crippen molar-refractivity contribution in [2.75, 3.05) is 14.1 Å². The fourth-order valence-electron chi connectivity index (χ4n) is 3.41. The van der Waals surface area contributed by atoms with Crippen molar-refractivity contribution in [2.45, 2.75) is 16.8 Å². The molecular weight excluding hydrogens is 430 g/mol. The molecule has 2 aromatic carbocycles. The monoisotopic (exact) mass is 453 g/mol. The van der Waals surface area contributed by atoms with E-state index in [0.29, 0.717) is 12.1 Å². The maximum Gasteiger partial charge on any atom is 0.252 e. The number of nitrogens with zero attached hydrogens (tertiary/aromatic N) is 1. The minimum absolute atomic E-state index is 0.0404. The summed E-state index contributed by atoms with van der Waals surface area (Å²) in [7, 11) is -0.446. The SMILES string of the molecule is CN(C)S(=O)(=O)c1ccc(CN[C@@H](C(=O)c2c[nH]c3ccccc23)c2ccccc2)s1. The van der Waals surface area contributed by atoms with Gasteiger partial charge in [0, 0.05) is 48.2 Å². The van der Waals surface area contributed by atoms with E-state index < -0.39 is 16.1 Å². The minimum Gasteiger partial charge on any atom is -0.360 e. The number of Topliss-reactive ketones (excluding diaryl/α,β-unsaturated/α-hetero) is 1. The number of para-hydroxylation sites is 1. The van der Waals surface area contributed by atoms with Crippen LogP contribution < -0.4 is 5.32 Å². The van der Waals surface area contributed by atoms with E-state index in [2.05, 4.69) is 10.3 Å². The lowest BCUT2D eigenvalue weighted by Gasteiger charge is -2.17. The van der Waals surface area contributed by atoms with Crippen LogP contribution in [0.2, 0.25) is 0 Å². The minimum atomic E-state index is -3.47. The molecule has 0 radical (unpaired) electrons. The predicted octanol–water partition coefficient (Wildman–Crippen LogP) is 4.19. The number of ketones is 1. The summed E-state index contributed by atoms with van der Waals surface area (Å²) < 4.78 is 26.2. The molecule has 0 saturated heterocycles. The summed E-state index contributed by atoms with van der Waals surface area (Å²) in [4.78, 5) is 17.5. The first-order valence-corrected chi connectivity index (χ1v) is 12.0. The van der Waals surface area contributed by atoms with Crippen molar-refractivity contribution in [2.24, 2.45) is 0 Å². The van der Waals surface area contributed by atoms with E-state index in [0.717, 1.165) is 21.3 Å². The maximum atomic E-state index is 13.5. The molecule has 0 bridgehead atoms. The summed E-state index contributed by atoms with van der Waals surface area (Å²) in [5.41, 5.74) is 2.39. The molecule has 1 atom stereocenters. The second-order valence-electron chi connectivity index (χ2n) is 7.34.